The Hall–Kier alpha value is -1.65. The van der Waals surface area contributed by atoms with Crippen LogP contribution in [0, 0.1) is 46.3 Å². The summed E-state index contributed by atoms with van der Waals surface area (Å²) in [7, 11) is 0. The summed E-state index contributed by atoms with van der Waals surface area (Å²) < 4.78 is 10.9. The van der Waals surface area contributed by atoms with Crippen LogP contribution in [0.25, 0.3) is 0 Å². The normalized spacial score (nSPS) is 41.7. The summed E-state index contributed by atoms with van der Waals surface area (Å²) in [5, 5.41) is 0. The molecule has 0 unspecified atom stereocenters. The van der Waals surface area contributed by atoms with Crippen molar-refractivity contribution >= 4 is 17.7 Å². The quantitative estimate of drug-likeness (QED) is 0.288. The molecular formula is C31H48O5. The van der Waals surface area contributed by atoms with Gasteiger partial charge in [-0.25, -0.2) is 0 Å². The Kier molecular flexibility index (Phi) is 8.07. The average molecular weight is 501 g/mol. The van der Waals surface area contributed by atoms with Gasteiger partial charge in [0, 0.05) is 18.8 Å². The van der Waals surface area contributed by atoms with Crippen molar-refractivity contribution in [2.45, 2.75) is 112 Å². The van der Waals surface area contributed by atoms with E-state index in [0.717, 1.165) is 50.5 Å². The Morgan fingerprint density at radius 1 is 1.03 bits per heavy atom. The third-order valence-corrected chi connectivity index (χ3v) is 11.1. The van der Waals surface area contributed by atoms with Crippen LogP contribution in [-0.4, -0.2) is 30.4 Å². The fourth-order valence-corrected chi connectivity index (χ4v) is 9.31. The predicted molar refractivity (Wildman–Crippen MR) is 140 cm³/mol. The van der Waals surface area contributed by atoms with Crippen molar-refractivity contribution < 1.29 is 23.9 Å². The molecule has 4 aliphatic rings. The first kappa shape index (κ1) is 27.4. The Balaban J connectivity index is 1.55. The van der Waals surface area contributed by atoms with E-state index < -0.39 is 0 Å². The second-order valence-electron chi connectivity index (χ2n) is 12.7. The highest BCUT2D eigenvalue weighted by molar-refractivity contribution is 5.99. The minimum absolute atomic E-state index is 0.0696. The van der Waals surface area contributed by atoms with Crippen molar-refractivity contribution in [3.05, 3.63) is 11.6 Å². The summed E-state index contributed by atoms with van der Waals surface area (Å²) in [6.07, 6.45) is 11.0. The summed E-state index contributed by atoms with van der Waals surface area (Å²) in [5.74, 6) is 2.28. The summed E-state index contributed by atoms with van der Waals surface area (Å²) in [6.45, 7) is 13.3. The Bertz CT molecular complexity index is 891. The lowest BCUT2D eigenvalue weighted by molar-refractivity contribution is -0.161. The molecule has 4 rings (SSSR count). The molecule has 36 heavy (non-hydrogen) atoms. The van der Waals surface area contributed by atoms with Gasteiger partial charge in [0.1, 0.15) is 6.10 Å². The molecule has 0 bridgehead atoms. The maximum atomic E-state index is 14.2. The minimum Gasteiger partial charge on any atom is -0.466 e. The molecule has 0 aromatic carbocycles. The van der Waals surface area contributed by atoms with Gasteiger partial charge in [-0.15, -0.1) is 0 Å². The highest BCUT2D eigenvalue weighted by Gasteiger charge is 2.64. The smallest absolute Gasteiger partial charge is 0.305 e. The van der Waals surface area contributed by atoms with Crippen LogP contribution in [-0.2, 0) is 23.9 Å². The Morgan fingerprint density at radius 2 is 1.72 bits per heavy atom. The zero-order chi connectivity index (χ0) is 26.3. The van der Waals surface area contributed by atoms with E-state index in [1.807, 2.05) is 20.8 Å². The van der Waals surface area contributed by atoms with Crippen LogP contribution in [0.4, 0.5) is 0 Å². The molecule has 0 radical (unpaired) electrons. The Labute approximate surface area is 218 Å². The van der Waals surface area contributed by atoms with Gasteiger partial charge < -0.3 is 9.47 Å². The van der Waals surface area contributed by atoms with Crippen LogP contribution in [0.5, 0.6) is 0 Å². The zero-order valence-corrected chi connectivity index (χ0v) is 23.4. The van der Waals surface area contributed by atoms with Crippen molar-refractivity contribution in [3.8, 4) is 0 Å². The lowest BCUT2D eigenvalue weighted by Crippen LogP contribution is -2.58. The average Bonchev–Trinajstić information content (AvgIpc) is 3.21. The van der Waals surface area contributed by atoms with E-state index >= 15 is 0 Å². The number of carbonyl (C=O) groups is 3. The lowest BCUT2D eigenvalue weighted by atomic mass is 9.43. The molecule has 0 heterocycles. The molecule has 5 heteroatoms. The van der Waals surface area contributed by atoms with E-state index in [0.29, 0.717) is 48.9 Å². The maximum absolute atomic E-state index is 14.2. The van der Waals surface area contributed by atoms with E-state index in [1.54, 1.807) is 0 Å². The number of allylic oxidation sites excluding steroid dienone is 2. The van der Waals surface area contributed by atoms with Crippen molar-refractivity contribution in [2.75, 3.05) is 6.61 Å². The van der Waals surface area contributed by atoms with E-state index in [4.69, 9.17) is 9.47 Å². The SMILES string of the molecule is CC=C1C(=O)[C@@H]2[C@H](CC[C@]3(C)[C@@H]([C@H](C)CCC(=O)OCC)CC[C@@H]23)[C@@]2(C)CC[C@@H](OC(=O)CC)C[C@@H]12. The number of carbonyl (C=O) groups excluding carboxylic acids is 3. The molecule has 0 amide bonds. The van der Waals surface area contributed by atoms with E-state index in [-0.39, 0.29) is 40.7 Å². The summed E-state index contributed by atoms with van der Waals surface area (Å²) in [4.78, 5) is 38.2. The molecule has 0 saturated heterocycles. The number of hydrogen-bond donors (Lipinski definition) is 0. The van der Waals surface area contributed by atoms with Crippen molar-refractivity contribution in [3.63, 3.8) is 0 Å². The monoisotopic (exact) mass is 500 g/mol. The van der Waals surface area contributed by atoms with Gasteiger partial charge in [-0.2, -0.15) is 0 Å². The molecule has 0 N–H and O–H groups in total. The van der Waals surface area contributed by atoms with Gasteiger partial charge in [0.15, 0.2) is 5.78 Å². The molecule has 4 saturated carbocycles. The molecular weight excluding hydrogens is 452 g/mol. The molecule has 0 aromatic rings. The van der Waals surface area contributed by atoms with E-state index in [2.05, 4.69) is 26.8 Å². The van der Waals surface area contributed by atoms with Gasteiger partial charge in [-0.1, -0.05) is 33.8 Å². The first-order valence-corrected chi connectivity index (χ1v) is 14.7. The number of rotatable bonds is 7. The molecule has 4 aliphatic carbocycles. The van der Waals surface area contributed by atoms with Gasteiger partial charge in [-0.05, 0) is 111 Å². The number of ether oxygens (including phenoxy) is 2. The third-order valence-electron chi connectivity index (χ3n) is 11.1. The maximum Gasteiger partial charge on any atom is 0.305 e. The van der Waals surface area contributed by atoms with Crippen LogP contribution in [0.15, 0.2) is 11.6 Å². The lowest BCUT2D eigenvalue weighted by Gasteiger charge is -2.61. The van der Waals surface area contributed by atoms with E-state index in [9.17, 15) is 14.4 Å². The number of esters is 2. The zero-order valence-electron chi connectivity index (χ0n) is 23.4. The number of Topliss-reactive ketones (excluding diaryl/α,β-unsaturated/α-hetero) is 1. The van der Waals surface area contributed by atoms with Gasteiger partial charge in [0.05, 0.1) is 6.61 Å². The summed E-state index contributed by atoms with van der Waals surface area (Å²) in [6, 6.07) is 0. The van der Waals surface area contributed by atoms with Crippen LogP contribution < -0.4 is 0 Å². The third kappa shape index (κ3) is 4.58. The molecule has 0 spiro atoms. The fraction of sp³-hybridized carbons (Fsp3) is 0.839. The topological polar surface area (TPSA) is 69.7 Å². The first-order valence-electron chi connectivity index (χ1n) is 14.7. The van der Waals surface area contributed by atoms with Crippen molar-refractivity contribution in [2.24, 2.45) is 46.3 Å². The van der Waals surface area contributed by atoms with Gasteiger partial charge in [0.25, 0.3) is 0 Å². The largest absolute Gasteiger partial charge is 0.466 e. The second kappa shape index (κ2) is 10.6. The number of hydrogen-bond acceptors (Lipinski definition) is 5. The van der Waals surface area contributed by atoms with Gasteiger partial charge in [-0.3, -0.25) is 14.4 Å². The number of ketones is 1. The second-order valence-corrected chi connectivity index (χ2v) is 12.7. The van der Waals surface area contributed by atoms with Gasteiger partial charge in [0.2, 0.25) is 0 Å². The van der Waals surface area contributed by atoms with Crippen LogP contribution in [0.3, 0.4) is 0 Å². The molecule has 4 fully saturated rings. The highest BCUT2D eigenvalue weighted by Crippen LogP contribution is 2.68. The van der Waals surface area contributed by atoms with Gasteiger partial charge >= 0.3 is 11.9 Å². The van der Waals surface area contributed by atoms with Crippen molar-refractivity contribution in [1.82, 2.24) is 0 Å². The highest BCUT2D eigenvalue weighted by atomic mass is 16.5. The van der Waals surface area contributed by atoms with Crippen LogP contribution in [0.1, 0.15) is 106 Å². The number of fused-ring (bicyclic) bond motifs is 5. The minimum atomic E-state index is -0.131. The first-order chi connectivity index (χ1) is 17.1. The standard InChI is InChI=1S/C31H48O5/c1-7-21-25-18-20(36-26(32)8-2)14-16-31(25,6)24-15-17-30(5)22(11-12-23(30)28(24)29(21)34)19(4)10-13-27(33)35-9-3/h7,19-20,22-25,28H,8-18H2,1-6H3/t19-,20-,22-,23+,24+,25+,28+,30-,31-/m1/s1. The molecule has 9 atom stereocenters. The molecule has 5 nitrogen and oxygen atoms in total. The van der Waals surface area contributed by atoms with E-state index in [1.165, 1.54) is 6.42 Å². The molecule has 0 aliphatic heterocycles. The van der Waals surface area contributed by atoms with Crippen LogP contribution in [0.2, 0.25) is 0 Å². The van der Waals surface area contributed by atoms with Crippen LogP contribution >= 0.6 is 0 Å². The predicted octanol–water partition coefficient (Wildman–Crippen LogP) is 6.68. The summed E-state index contributed by atoms with van der Waals surface area (Å²) in [5.41, 5.74) is 1.24. The molecule has 202 valence electrons. The Morgan fingerprint density at radius 3 is 2.39 bits per heavy atom. The fourth-order valence-electron chi connectivity index (χ4n) is 9.31. The van der Waals surface area contributed by atoms with Crippen molar-refractivity contribution in [1.29, 1.82) is 0 Å². The summed E-state index contributed by atoms with van der Waals surface area (Å²) >= 11 is 0. The molecule has 0 aromatic heterocycles.